The summed E-state index contributed by atoms with van der Waals surface area (Å²) in [5, 5.41) is 25.7. The molecule has 0 atom stereocenters. The number of carbonyl (C=O) groups excluding carboxylic acids is 1. The highest BCUT2D eigenvalue weighted by molar-refractivity contribution is 8.01. The van der Waals surface area contributed by atoms with Crippen molar-refractivity contribution in [2.75, 3.05) is 36.6 Å². The summed E-state index contributed by atoms with van der Waals surface area (Å²) in [4.78, 5) is 26.7. The number of anilines is 2. The Morgan fingerprint density at radius 2 is 2.19 bits per heavy atom. The van der Waals surface area contributed by atoms with Crippen molar-refractivity contribution in [3.05, 3.63) is 28.3 Å². The lowest BCUT2D eigenvalue weighted by Gasteiger charge is -1.99. The van der Waals surface area contributed by atoms with Crippen LogP contribution in [-0.2, 0) is 9.53 Å². The fourth-order valence-electron chi connectivity index (χ4n) is 1.96. The van der Waals surface area contributed by atoms with Crippen LogP contribution >= 0.6 is 34.4 Å². The normalized spacial score (nSPS) is 10.9. The van der Waals surface area contributed by atoms with Gasteiger partial charge in [-0.25, -0.2) is 4.98 Å². The molecule has 0 saturated carbocycles. The van der Waals surface area contributed by atoms with Crippen LogP contribution in [0.5, 0.6) is 0 Å². The number of amides is 1. The van der Waals surface area contributed by atoms with E-state index >= 15 is 0 Å². The van der Waals surface area contributed by atoms with Crippen LogP contribution in [0, 0.1) is 10.1 Å². The van der Waals surface area contributed by atoms with Crippen LogP contribution in [0.1, 0.15) is 0 Å². The number of nitrogens with one attached hydrogen (secondary N) is 2. The number of benzene rings is 1. The average Bonchev–Trinajstić information content (AvgIpc) is 3.25. The number of non-ortho nitro benzene ring substituents is 1. The number of hydrogen-bond acceptors (Lipinski definition) is 11. The number of ether oxygens (including phenoxy) is 1. The topological polar surface area (TPSA) is 132 Å². The van der Waals surface area contributed by atoms with Crippen LogP contribution in [0.25, 0.3) is 10.2 Å². The summed E-state index contributed by atoms with van der Waals surface area (Å²) in [6, 6.07) is 4.39. The van der Waals surface area contributed by atoms with Gasteiger partial charge in [-0.2, -0.15) is 0 Å². The van der Waals surface area contributed by atoms with Gasteiger partial charge in [0, 0.05) is 25.8 Å². The maximum Gasteiger partial charge on any atom is 0.270 e. The van der Waals surface area contributed by atoms with Crippen molar-refractivity contribution in [1.29, 1.82) is 0 Å². The largest absolute Gasteiger partial charge is 0.383 e. The van der Waals surface area contributed by atoms with E-state index in [4.69, 9.17) is 4.74 Å². The van der Waals surface area contributed by atoms with Gasteiger partial charge in [0.05, 0.1) is 27.5 Å². The molecule has 1 aromatic carbocycles. The standard InChI is InChI=1S/C14H14N6O4S3/c1-24-5-4-15-12-18-19-14(27-12)25-7-11(21)17-13-16-9-3-2-8(20(22)23)6-10(9)26-13/h2-3,6H,4-5,7H2,1H3,(H,15,18)(H,16,17,21). The minimum Gasteiger partial charge on any atom is -0.383 e. The highest BCUT2D eigenvalue weighted by atomic mass is 32.2. The molecule has 0 fully saturated rings. The molecular weight excluding hydrogens is 412 g/mol. The third-order valence-electron chi connectivity index (χ3n) is 3.14. The third kappa shape index (κ3) is 5.32. The zero-order valence-electron chi connectivity index (χ0n) is 14.0. The van der Waals surface area contributed by atoms with Crippen molar-refractivity contribution in [3.63, 3.8) is 0 Å². The summed E-state index contributed by atoms with van der Waals surface area (Å²) >= 11 is 3.82. The molecule has 2 N–H and O–H groups in total. The quantitative estimate of drug-likeness (QED) is 0.229. The lowest BCUT2D eigenvalue weighted by Crippen LogP contribution is -2.13. The number of fused-ring (bicyclic) bond motifs is 1. The molecule has 2 aromatic heterocycles. The molecule has 0 bridgehead atoms. The van der Waals surface area contributed by atoms with Gasteiger partial charge in [0.25, 0.3) is 5.69 Å². The number of nitro benzene ring substituents is 1. The van der Waals surface area contributed by atoms with Gasteiger partial charge in [0.15, 0.2) is 9.47 Å². The number of hydrogen-bond donors (Lipinski definition) is 2. The first kappa shape index (κ1) is 19.4. The number of carbonyl (C=O) groups is 1. The van der Waals surface area contributed by atoms with Crippen molar-refractivity contribution >= 4 is 66.5 Å². The Morgan fingerprint density at radius 1 is 1.33 bits per heavy atom. The fourth-order valence-corrected chi connectivity index (χ4v) is 4.46. The first-order chi connectivity index (χ1) is 13.0. The molecule has 0 saturated heterocycles. The number of nitro groups is 1. The Morgan fingerprint density at radius 3 is 2.96 bits per heavy atom. The van der Waals surface area contributed by atoms with E-state index in [9.17, 15) is 14.9 Å². The Balaban J connectivity index is 1.53. The van der Waals surface area contributed by atoms with Gasteiger partial charge in [0.1, 0.15) is 0 Å². The van der Waals surface area contributed by atoms with E-state index < -0.39 is 4.92 Å². The summed E-state index contributed by atoms with van der Waals surface area (Å²) in [6.45, 7) is 1.20. The van der Waals surface area contributed by atoms with Gasteiger partial charge >= 0.3 is 0 Å². The average molecular weight is 427 g/mol. The van der Waals surface area contributed by atoms with Crippen LogP contribution < -0.4 is 10.6 Å². The predicted molar refractivity (Wildman–Crippen MR) is 106 cm³/mol. The van der Waals surface area contributed by atoms with Gasteiger partial charge < -0.3 is 15.4 Å². The minimum absolute atomic E-state index is 0.00855. The molecule has 13 heteroatoms. The van der Waals surface area contributed by atoms with Crippen molar-refractivity contribution < 1.29 is 14.5 Å². The number of methoxy groups -OCH3 is 1. The van der Waals surface area contributed by atoms with E-state index in [1.807, 2.05) is 0 Å². The molecule has 1 amide bonds. The van der Waals surface area contributed by atoms with Crippen LogP contribution in [0.15, 0.2) is 22.5 Å². The SMILES string of the molecule is COCCNc1nnc(SCC(=O)Nc2nc3ccc([N+](=O)[O-])cc3s2)s1. The van der Waals surface area contributed by atoms with Crippen molar-refractivity contribution in [1.82, 2.24) is 15.2 Å². The van der Waals surface area contributed by atoms with Crippen molar-refractivity contribution in [2.45, 2.75) is 4.34 Å². The molecule has 27 heavy (non-hydrogen) atoms. The van der Waals surface area contributed by atoms with E-state index in [0.29, 0.717) is 38.0 Å². The molecule has 0 radical (unpaired) electrons. The lowest BCUT2D eigenvalue weighted by atomic mass is 10.3. The molecule has 0 aliphatic heterocycles. The summed E-state index contributed by atoms with van der Waals surface area (Å²) in [6.07, 6.45) is 0. The summed E-state index contributed by atoms with van der Waals surface area (Å²) < 4.78 is 6.26. The Labute approximate surface area is 165 Å². The van der Waals surface area contributed by atoms with E-state index in [1.165, 1.54) is 46.6 Å². The minimum atomic E-state index is -0.464. The smallest absolute Gasteiger partial charge is 0.270 e. The van der Waals surface area contributed by atoms with Crippen molar-refractivity contribution in [2.24, 2.45) is 0 Å². The maximum atomic E-state index is 12.1. The van der Waals surface area contributed by atoms with E-state index in [-0.39, 0.29) is 17.3 Å². The second kappa shape index (κ2) is 9.03. The number of nitrogens with zero attached hydrogens (tertiary/aromatic N) is 4. The maximum absolute atomic E-state index is 12.1. The Kier molecular flexibility index (Phi) is 6.49. The van der Waals surface area contributed by atoms with Crippen LogP contribution in [0.3, 0.4) is 0 Å². The molecule has 142 valence electrons. The molecule has 0 spiro atoms. The molecule has 0 unspecified atom stereocenters. The number of aromatic nitrogens is 3. The number of thioether (sulfide) groups is 1. The van der Waals surface area contributed by atoms with Gasteiger partial charge in [-0.3, -0.25) is 14.9 Å². The van der Waals surface area contributed by atoms with E-state index in [1.54, 1.807) is 13.2 Å². The number of thiazole rings is 1. The highest BCUT2D eigenvalue weighted by Gasteiger charge is 2.13. The second-order valence-corrected chi connectivity index (χ2v) is 8.29. The monoisotopic (exact) mass is 426 g/mol. The first-order valence-electron chi connectivity index (χ1n) is 7.59. The van der Waals surface area contributed by atoms with E-state index in [2.05, 4.69) is 25.8 Å². The molecule has 10 nitrogen and oxygen atoms in total. The van der Waals surface area contributed by atoms with Gasteiger partial charge in [-0.1, -0.05) is 34.4 Å². The Hall–Kier alpha value is -2.35. The summed E-state index contributed by atoms with van der Waals surface area (Å²) in [5.74, 6) is -0.0828. The fraction of sp³-hybridized carbons (Fsp3) is 0.286. The van der Waals surface area contributed by atoms with Crippen LogP contribution in [0.4, 0.5) is 16.0 Å². The van der Waals surface area contributed by atoms with Crippen LogP contribution in [0.2, 0.25) is 0 Å². The molecule has 0 aliphatic carbocycles. The molecule has 3 rings (SSSR count). The first-order valence-corrected chi connectivity index (χ1v) is 10.2. The van der Waals surface area contributed by atoms with Gasteiger partial charge in [0.2, 0.25) is 11.0 Å². The Bertz CT molecular complexity index is 959. The molecule has 3 aromatic rings. The second-order valence-electron chi connectivity index (χ2n) is 5.06. The van der Waals surface area contributed by atoms with Crippen molar-refractivity contribution in [3.8, 4) is 0 Å². The molecule has 2 heterocycles. The van der Waals surface area contributed by atoms with E-state index in [0.717, 1.165) is 0 Å². The summed E-state index contributed by atoms with van der Waals surface area (Å²) in [7, 11) is 1.62. The summed E-state index contributed by atoms with van der Waals surface area (Å²) in [5.41, 5.74) is 0.593. The highest BCUT2D eigenvalue weighted by Crippen LogP contribution is 2.30. The third-order valence-corrected chi connectivity index (χ3v) is 6.09. The zero-order valence-corrected chi connectivity index (χ0v) is 16.4. The zero-order chi connectivity index (χ0) is 19.2. The molecular formula is C14H14N6O4S3. The predicted octanol–water partition coefficient (Wildman–Crippen LogP) is 2.85. The lowest BCUT2D eigenvalue weighted by molar-refractivity contribution is -0.384. The number of rotatable bonds is 9. The van der Waals surface area contributed by atoms with Gasteiger partial charge in [-0.05, 0) is 6.07 Å². The van der Waals surface area contributed by atoms with Gasteiger partial charge in [-0.15, -0.1) is 10.2 Å². The molecule has 0 aliphatic rings. The van der Waals surface area contributed by atoms with Crippen LogP contribution in [-0.4, -0.2) is 52.0 Å².